The van der Waals surface area contributed by atoms with Crippen molar-refractivity contribution in [2.75, 3.05) is 30.4 Å². The van der Waals surface area contributed by atoms with Crippen LogP contribution in [-0.2, 0) is 4.79 Å². The molecule has 0 radical (unpaired) electrons. The van der Waals surface area contributed by atoms with Crippen LogP contribution in [0.1, 0.15) is 37.3 Å². The molecule has 4 rings (SSSR count). The molecule has 2 aliphatic rings. The molecule has 1 N–H and O–H groups in total. The Morgan fingerprint density at radius 2 is 2.08 bits per heavy atom. The smallest absolute Gasteiger partial charge is 0.229 e. The molecule has 1 saturated heterocycles. The second-order valence-electron chi connectivity index (χ2n) is 6.95. The van der Waals surface area contributed by atoms with Crippen LogP contribution >= 0.6 is 0 Å². The van der Waals surface area contributed by atoms with Gasteiger partial charge in [0.1, 0.15) is 0 Å². The molecule has 1 aliphatic carbocycles. The number of nitrogens with one attached hydrogen (secondary N) is 1. The van der Waals surface area contributed by atoms with Crippen LogP contribution in [-0.4, -0.2) is 41.3 Å². The van der Waals surface area contributed by atoms with Crippen molar-refractivity contribution < 1.29 is 9.53 Å². The van der Waals surface area contributed by atoms with E-state index < -0.39 is 0 Å². The molecular weight excluding hydrogens is 330 g/mol. The van der Waals surface area contributed by atoms with Crippen molar-refractivity contribution in [2.45, 2.75) is 31.6 Å². The lowest BCUT2D eigenvalue weighted by atomic mass is 9.97. The molecule has 26 heavy (non-hydrogen) atoms. The standard InChI is InChI=1S/C19H23N5O2/c1-26-18-9-6-15(11-20-18)21-19(25)14-3-2-10-24(12-14)17-8-7-16(22-23-17)13-4-5-13/h6-9,11,13-14H,2-5,10,12H2,1H3,(H,21,25)/t14-/m0/s1. The summed E-state index contributed by atoms with van der Waals surface area (Å²) in [4.78, 5) is 18.9. The molecule has 1 amide bonds. The van der Waals surface area contributed by atoms with E-state index in [4.69, 9.17) is 4.74 Å². The Morgan fingerprint density at radius 3 is 2.73 bits per heavy atom. The first-order chi connectivity index (χ1) is 12.7. The highest BCUT2D eigenvalue weighted by Crippen LogP contribution is 2.38. The molecule has 7 nitrogen and oxygen atoms in total. The number of carbonyl (C=O) groups excluding carboxylic acids is 1. The Morgan fingerprint density at radius 1 is 1.19 bits per heavy atom. The van der Waals surface area contributed by atoms with Crippen molar-refractivity contribution in [3.63, 3.8) is 0 Å². The average molecular weight is 353 g/mol. The van der Waals surface area contributed by atoms with Gasteiger partial charge in [-0.15, -0.1) is 5.10 Å². The van der Waals surface area contributed by atoms with Crippen molar-refractivity contribution in [3.05, 3.63) is 36.2 Å². The van der Waals surface area contributed by atoms with Crippen LogP contribution in [0.5, 0.6) is 5.88 Å². The highest BCUT2D eigenvalue weighted by atomic mass is 16.5. The number of carbonyl (C=O) groups is 1. The van der Waals surface area contributed by atoms with Gasteiger partial charge in [0, 0.05) is 25.1 Å². The highest BCUT2D eigenvalue weighted by molar-refractivity contribution is 5.92. The second kappa shape index (κ2) is 7.27. The van der Waals surface area contributed by atoms with E-state index >= 15 is 0 Å². The van der Waals surface area contributed by atoms with Gasteiger partial charge in [0.05, 0.1) is 30.6 Å². The van der Waals surface area contributed by atoms with Crippen LogP contribution in [0.2, 0.25) is 0 Å². The Labute approximate surface area is 152 Å². The molecular formula is C19H23N5O2. The molecule has 0 aromatic carbocycles. The van der Waals surface area contributed by atoms with Crippen LogP contribution < -0.4 is 15.0 Å². The fourth-order valence-corrected chi connectivity index (χ4v) is 3.32. The van der Waals surface area contributed by atoms with Gasteiger partial charge in [-0.05, 0) is 43.9 Å². The number of nitrogens with zero attached hydrogens (tertiary/aromatic N) is 4. The van der Waals surface area contributed by atoms with Gasteiger partial charge in [-0.1, -0.05) is 0 Å². The van der Waals surface area contributed by atoms with Gasteiger partial charge in [-0.25, -0.2) is 4.98 Å². The third kappa shape index (κ3) is 3.76. The number of ether oxygens (including phenoxy) is 1. The molecule has 0 spiro atoms. The lowest BCUT2D eigenvalue weighted by molar-refractivity contribution is -0.120. The largest absolute Gasteiger partial charge is 0.481 e. The SMILES string of the molecule is COc1ccc(NC(=O)[C@H]2CCCN(c3ccc(C4CC4)nn3)C2)cn1. The zero-order valence-electron chi connectivity index (χ0n) is 14.9. The van der Waals surface area contributed by atoms with E-state index in [1.54, 1.807) is 25.4 Å². The number of piperidine rings is 1. The van der Waals surface area contributed by atoms with E-state index in [1.807, 2.05) is 6.07 Å². The van der Waals surface area contributed by atoms with E-state index in [9.17, 15) is 4.79 Å². The van der Waals surface area contributed by atoms with E-state index in [-0.39, 0.29) is 11.8 Å². The zero-order chi connectivity index (χ0) is 17.9. The van der Waals surface area contributed by atoms with Crippen molar-refractivity contribution in [1.29, 1.82) is 0 Å². The minimum absolute atomic E-state index is 0.0178. The molecule has 1 saturated carbocycles. The number of rotatable bonds is 5. The Bertz CT molecular complexity index is 759. The summed E-state index contributed by atoms with van der Waals surface area (Å²) in [5.41, 5.74) is 1.77. The molecule has 2 aromatic heterocycles. The topological polar surface area (TPSA) is 80.2 Å². The quantitative estimate of drug-likeness (QED) is 0.890. The molecule has 1 aliphatic heterocycles. The van der Waals surface area contributed by atoms with Gasteiger partial charge in [-0.3, -0.25) is 4.79 Å². The molecule has 2 aromatic rings. The monoisotopic (exact) mass is 353 g/mol. The van der Waals surface area contributed by atoms with Gasteiger partial charge >= 0.3 is 0 Å². The number of pyridine rings is 1. The number of aromatic nitrogens is 3. The molecule has 1 atom stereocenters. The predicted molar refractivity (Wildman–Crippen MR) is 98.4 cm³/mol. The molecule has 0 unspecified atom stereocenters. The number of anilines is 2. The minimum atomic E-state index is -0.0734. The molecule has 0 bridgehead atoms. The zero-order valence-corrected chi connectivity index (χ0v) is 14.9. The number of hydrogen-bond donors (Lipinski definition) is 1. The van der Waals surface area contributed by atoms with Gasteiger partial charge < -0.3 is 15.0 Å². The minimum Gasteiger partial charge on any atom is -0.481 e. The van der Waals surface area contributed by atoms with E-state index in [0.717, 1.165) is 30.9 Å². The van der Waals surface area contributed by atoms with E-state index in [2.05, 4.69) is 31.5 Å². The molecule has 3 heterocycles. The maximum Gasteiger partial charge on any atom is 0.229 e. The van der Waals surface area contributed by atoms with Crippen LogP contribution in [0.15, 0.2) is 30.5 Å². The molecule has 136 valence electrons. The van der Waals surface area contributed by atoms with Gasteiger partial charge in [0.2, 0.25) is 11.8 Å². The van der Waals surface area contributed by atoms with Gasteiger partial charge in [-0.2, -0.15) is 5.10 Å². The summed E-state index contributed by atoms with van der Waals surface area (Å²) in [5.74, 6) is 1.94. The first-order valence-corrected chi connectivity index (χ1v) is 9.12. The van der Waals surface area contributed by atoms with Crippen molar-refractivity contribution in [3.8, 4) is 5.88 Å². The van der Waals surface area contributed by atoms with Crippen LogP contribution in [0.3, 0.4) is 0 Å². The lowest BCUT2D eigenvalue weighted by Gasteiger charge is -2.32. The lowest BCUT2D eigenvalue weighted by Crippen LogP contribution is -2.41. The normalized spacial score (nSPS) is 19.9. The molecule has 7 heteroatoms. The Hall–Kier alpha value is -2.70. The summed E-state index contributed by atoms with van der Waals surface area (Å²) in [5, 5.41) is 11.7. The highest BCUT2D eigenvalue weighted by Gasteiger charge is 2.28. The summed E-state index contributed by atoms with van der Waals surface area (Å²) in [6.07, 6.45) is 5.89. The second-order valence-corrected chi connectivity index (χ2v) is 6.95. The summed E-state index contributed by atoms with van der Waals surface area (Å²) < 4.78 is 5.04. The van der Waals surface area contributed by atoms with E-state index in [1.165, 1.54) is 12.8 Å². The number of hydrogen-bond acceptors (Lipinski definition) is 6. The van der Waals surface area contributed by atoms with Gasteiger partial charge in [0.25, 0.3) is 0 Å². The summed E-state index contributed by atoms with van der Waals surface area (Å²) in [7, 11) is 1.57. The van der Waals surface area contributed by atoms with Crippen LogP contribution in [0.25, 0.3) is 0 Å². The Balaban J connectivity index is 1.38. The Kier molecular flexibility index (Phi) is 4.69. The van der Waals surface area contributed by atoms with Crippen LogP contribution in [0, 0.1) is 5.92 Å². The fourth-order valence-electron chi connectivity index (χ4n) is 3.32. The van der Waals surface area contributed by atoms with Crippen molar-refractivity contribution >= 4 is 17.4 Å². The van der Waals surface area contributed by atoms with Crippen molar-refractivity contribution in [2.24, 2.45) is 5.92 Å². The molecule has 2 fully saturated rings. The average Bonchev–Trinajstić information content (AvgIpc) is 3.54. The first-order valence-electron chi connectivity index (χ1n) is 9.12. The number of amides is 1. The predicted octanol–water partition coefficient (Wildman–Crippen LogP) is 2.61. The van der Waals surface area contributed by atoms with E-state index in [0.29, 0.717) is 24.0 Å². The van der Waals surface area contributed by atoms with Crippen LogP contribution in [0.4, 0.5) is 11.5 Å². The van der Waals surface area contributed by atoms with Gasteiger partial charge in [0.15, 0.2) is 5.82 Å². The van der Waals surface area contributed by atoms with Crippen molar-refractivity contribution in [1.82, 2.24) is 15.2 Å². The fraction of sp³-hybridized carbons (Fsp3) is 0.474. The third-order valence-electron chi connectivity index (χ3n) is 5.00. The third-order valence-corrected chi connectivity index (χ3v) is 5.00. The first kappa shape index (κ1) is 16.8. The maximum atomic E-state index is 12.6. The summed E-state index contributed by atoms with van der Waals surface area (Å²) in [6, 6.07) is 7.65. The number of methoxy groups -OCH3 is 1. The summed E-state index contributed by atoms with van der Waals surface area (Å²) in [6.45, 7) is 1.57. The summed E-state index contributed by atoms with van der Waals surface area (Å²) >= 11 is 0. The maximum absolute atomic E-state index is 12.6.